The SMILES string of the molecule is COc1ccc(CN(C)C(=O)c2ccccc2NS(=O)(=O)c2ccccc2)cc1OC. The molecule has 0 spiro atoms. The molecule has 0 unspecified atom stereocenters. The Hall–Kier alpha value is -3.52. The van der Waals surface area contributed by atoms with Gasteiger partial charge in [-0.3, -0.25) is 9.52 Å². The van der Waals surface area contributed by atoms with Crippen molar-refractivity contribution < 1.29 is 22.7 Å². The van der Waals surface area contributed by atoms with Gasteiger partial charge in [0.15, 0.2) is 11.5 Å². The number of carbonyl (C=O) groups excluding carboxylic acids is 1. The molecule has 0 aliphatic carbocycles. The summed E-state index contributed by atoms with van der Waals surface area (Å²) in [6.45, 7) is 0.305. The Bertz CT molecular complexity index is 1160. The maximum absolute atomic E-state index is 13.1. The third-order valence-electron chi connectivity index (χ3n) is 4.67. The smallest absolute Gasteiger partial charge is 0.261 e. The molecule has 0 atom stereocenters. The number of hydrogen-bond acceptors (Lipinski definition) is 5. The van der Waals surface area contributed by atoms with Gasteiger partial charge in [0.1, 0.15) is 0 Å². The van der Waals surface area contributed by atoms with Crippen molar-refractivity contribution in [2.45, 2.75) is 11.4 Å². The molecule has 31 heavy (non-hydrogen) atoms. The zero-order valence-corrected chi connectivity index (χ0v) is 18.3. The van der Waals surface area contributed by atoms with Crippen LogP contribution < -0.4 is 14.2 Å². The molecule has 1 N–H and O–H groups in total. The first-order chi connectivity index (χ1) is 14.9. The molecular formula is C23H24N2O5S. The normalized spacial score (nSPS) is 10.9. The van der Waals surface area contributed by atoms with E-state index in [1.54, 1.807) is 75.9 Å². The van der Waals surface area contributed by atoms with Gasteiger partial charge < -0.3 is 14.4 Å². The number of rotatable bonds is 8. The second-order valence-corrected chi connectivity index (χ2v) is 8.50. The van der Waals surface area contributed by atoms with Crippen molar-refractivity contribution >= 4 is 21.6 Å². The van der Waals surface area contributed by atoms with E-state index in [-0.39, 0.29) is 22.1 Å². The topological polar surface area (TPSA) is 84.9 Å². The van der Waals surface area contributed by atoms with Crippen LogP contribution in [0.1, 0.15) is 15.9 Å². The Morgan fingerprint density at radius 1 is 0.903 bits per heavy atom. The fourth-order valence-electron chi connectivity index (χ4n) is 3.09. The van der Waals surface area contributed by atoms with Crippen molar-refractivity contribution in [3.8, 4) is 11.5 Å². The van der Waals surface area contributed by atoms with E-state index in [0.29, 0.717) is 18.0 Å². The predicted molar refractivity (Wildman–Crippen MR) is 119 cm³/mol. The molecule has 0 saturated carbocycles. The van der Waals surface area contributed by atoms with E-state index < -0.39 is 10.0 Å². The maximum atomic E-state index is 13.1. The molecule has 0 aliphatic rings. The summed E-state index contributed by atoms with van der Waals surface area (Å²) in [5.41, 5.74) is 1.32. The summed E-state index contributed by atoms with van der Waals surface area (Å²) in [6.07, 6.45) is 0. The standard InChI is InChI=1S/C23H24N2O5S/c1-25(16-17-13-14-21(29-2)22(15-17)30-3)23(26)19-11-7-8-12-20(19)24-31(27,28)18-9-5-4-6-10-18/h4-15,24H,16H2,1-3H3. The van der Waals surface area contributed by atoms with Gasteiger partial charge in [0.05, 0.1) is 30.4 Å². The van der Waals surface area contributed by atoms with Gasteiger partial charge >= 0.3 is 0 Å². The lowest BCUT2D eigenvalue weighted by atomic mass is 10.1. The highest BCUT2D eigenvalue weighted by Gasteiger charge is 2.21. The minimum atomic E-state index is -3.82. The van der Waals surface area contributed by atoms with Crippen molar-refractivity contribution in [1.82, 2.24) is 4.90 Å². The summed E-state index contributed by atoms with van der Waals surface area (Å²) in [6, 6.07) is 20.0. The number of ether oxygens (including phenoxy) is 2. The molecular weight excluding hydrogens is 416 g/mol. The molecule has 3 aromatic rings. The van der Waals surface area contributed by atoms with Gasteiger partial charge in [0, 0.05) is 13.6 Å². The molecule has 7 nitrogen and oxygen atoms in total. The van der Waals surface area contributed by atoms with Crippen LogP contribution in [-0.2, 0) is 16.6 Å². The van der Waals surface area contributed by atoms with Crippen LogP contribution in [0, 0.1) is 0 Å². The Morgan fingerprint density at radius 2 is 1.55 bits per heavy atom. The van der Waals surface area contributed by atoms with Crippen LogP contribution in [0.2, 0.25) is 0 Å². The molecule has 0 heterocycles. The number of anilines is 1. The van der Waals surface area contributed by atoms with Crippen molar-refractivity contribution in [2.24, 2.45) is 0 Å². The Kier molecular flexibility index (Phi) is 6.81. The minimum Gasteiger partial charge on any atom is -0.493 e. The number of carbonyl (C=O) groups is 1. The first-order valence-electron chi connectivity index (χ1n) is 9.49. The van der Waals surface area contributed by atoms with E-state index in [1.807, 2.05) is 6.07 Å². The van der Waals surface area contributed by atoms with Gasteiger partial charge in [-0.25, -0.2) is 8.42 Å². The number of methoxy groups -OCH3 is 2. The molecule has 162 valence electrons. The zero-order chi connectivity index (χ0) is 22.4. The molecule has 0 fully saturated rings. The van der Waals surface area contributed by atoms with E-state index >= 15 is 0 Å². The van der Waals surface area contributed by atoms with Crippen LogP contribution in [0.3, 0.4) is 0 Å². The average Bonchev–Trinajstić information content (AvgIpc) is 2.79. The lowest BCUT2D eigenvalue weighted by Crippen LogP contribution is -2.27. The van der Waals surface area contributed by atoms with Crippen LogP contribution >= 0.6 is 0 Å². The first kappa shape index (κ1) is 22.2. The van der Waals surface area contributed by atoms with Crippen LogP contribution in [0.4, 0.5) is 5.69 Å². The van der Waals surface area contributed by atoms with Gasteiger partial charge in [-0.15, -0.1) is 0 Å². The lowest BCUT2D eigenvalue weighted by Gasteiger charge is -2.20. The maximum Gasteiger partial charge on any atom is 0.261 e. The Balaban J connectivity index is 1.83. The number of sulfonamides is 1. The summed E-state index contributed by atoms with van der Waals surface area (Å²) < 4.78 is 38.5. The highest BCUT2D eigenvalue weighted by molar-refractivity contribution is 7.92. The third-order valence-corrected chi connectivity index (χ3v) is 6.05. The highest BCUT2D eigenvalue weighted by Crippen LogP contribution is 2.28. The number of para-hydroxylation sites is 1. The van der Waals surface area contributed by atoms with Crippen molar-refractivity contribution in [2.75, 3.05) is 26.0 Å². The molecule has 0 saturated heterocycles. The Morgan fingerprint density at radius 3 is 2.23 bits per heavy atom. The minimum absolute atomic E-state index is 0.121. The summed E-state index contributed by atoms with van der Waals surface area (Å²) in [5.74, 6) is 0.846. The summed E-state index contributed by atoms with van der Waals surface area (Å²) in [5, 5.41) is 0. The fourth-order valence-corrected chi connectivity index (χ4v) is 4.19. The van der Waals surface area contributed by atoms with Crippen LogP contribution in [0.25, 0.3) is 0 Å². The molecule has 0 bridgehead atoms. The molecule has 0 aromatic heterocycles. The molecule has 0 radical (unpaired) electrons. The largest absolute Gasteiger partial charge is 0.493 e. The number of amides is 1. The number of benzene rings is 3. The highest BCUT2D eigenvalue weighted by atomic mass is 32.2. The van der Waals surface area contributed by atoms with E-state index in [9.17, 15) is 13.2 Å². The van der Waals surface area contributed by atoms with Crippen LogP contribution in [0.15, 0.2) is 77.7 Å². The van der Waals surface area contributed by atoms with E-state index in [0.717, 1.165) is 5.56 Å². The first-order valence-corrected chi connectivity index (χ1v) is 11.0. The molecule has 3 aromatic carbocycles. The van der Waals surface area contributed by atoms with Crippen molar-refractivity contribution in [1.29, 1.82) is 0 Å². The average molecular weight is 441 g/mol. The van der Waals surface area contributed by atoms with Crippen LogP contribution in [-0.4, -0.2) is 40.5 Å². The number of nitrogens with zero attached hydrogens (tertiary/aromatic N) is 1. The van der Waals surface area contributed by atoms with Gasteiger partial charge in [0.2, 0.25) is 0 Å². The van der Waals surface area contributed by atoms with E-state index in [1.165, 1.54) is 17.0 Å². The second kappa shape index (κ2) is 9.53. The van der Waals surface area contributed by atoms with Gasteiger partial charge in [0.25, 0.3) is 15.9 Å². The molecule has 3 rings (SSSR count). The third kappa shape index (κ3) is 5.16. The summed E-state index contributed by atoms with van der Waals surface area (Å²) in [7, 11) is 0.936. The molecule has 0 aliphatic heterocycles. The summed E-state index contributed by atoms with van der Waals surface area (Å²) in [4.78, 5) is 14.7. The van der Waals surface area contributed by atoms with Crippen molar-refractivity contribution in [3.63, 3.8) is 0 Å². The number of hydrogen-bond donors (Lipinski definition) is 1. The second-order valence-electron chi connectivity index (χ2n) is 6.81. The van der Waals surface area contributed by atoms with Gasteiger partial charge in [-0.2, -0.15) is 0 Å². The van der Waals surface area contributed by atoms with Crippen LogP contribution in [0.5, 0.6) is 11.5 Å². The van der Waals surface area contributed by atoms with E-state index in [4.69, 9.17) is 9.47 Å². The molecule has 1 amide bonds. The summed E-state index contributed by atoms with van der Waals surface area (Å²) >= 11 is 0. The Labute approximate surface area is 182 Å². The lowest BCUT2D eigenvalue weighted by molar-refractivity contribution is 0.0786. The predicted octanol–water partition coefficient (Wildman–Crippen LogP) is 3.78. The molecule has 8 heteroatoms. The van der Waals surface area contributed by atoms with Gasteiger partial charge in [-0.05, 0) is 42.0 Å². The quantitative estimate of drug-likeness (QED) is 0.576. The fraction of sp³-hybridized carbons (Fsp3) is 0.174. The van der Waals surface area contributed by atoms with Gasteiger partial charge in [-0.1, -0.05) is 36.4 Å². The van der Waals surface area contributed by atoms with E-state index in [2.05, 4.69) is 4.72 Å². The monoisotopic (exact) mass is 440 g/mol. The number of nitrogens with one attached hydrogen (secondary N) is 1. The zero-order valence-electron chi connectivity index (χ0n) is 17.5. The van der Waals surface area contributed by atoms with Crippen molar-refractivity contribution in [3.05, 3.63) is 83.9 Å².